The second-order valence-corrected chi connectivity index (χ2v) is 1.50. The summed E-state index contributed by atoms with van der Waals surface area (Å²) < 4.78 is 3.83. The summed E-state index contributed by atoms with van der Waals surface area (Å²) in [5.41, 5.74) is 0. The SMILES string of the molecule is S=C=S.S=C=S. The van der Waals surface area contributed by atoms with E-state index in [9.17, 15) is 0 Å². The lowest BCUT2D eigenvalue weighted by atomic mass is 12.0. The van der Waals surface area contributed by atoms with Gasteiger partial charge < -0.3 is 0 Å². The Kier molecular flexibility index (Phi) is 29.0. The minimum atomic E-state index is 1.92. The monoisotopic (exact) mass is 152 g/mol. The fraction of sp³-hybridized carbons (Fsp3) is 0. The third kappa shape index (κ3) is 271. The first kappa shape index (κ1) is 9.67. The molecule has 0 aromatic heterocycles. The minimum absolute atomic E-state index is 1.92. The molecule has 0 aromatic carbocycles. The van der Waals surface area contributed by atoms with Gasteiger partial charge >= 0.3 is 0 Å². The predicted octanol–water partition coefficient (Wildman–Crippen LogP) is 2.04. The van der Waals surface area contributed by atoms with Gasteiger partial charge in [0.05, 0.1) is 0 Å². The zero-order valence-electron chi connectivity index (χ0n) is 2.63. The molecule has 0 bridgehead atoms. The molecular weight excluding hydrogens is 152 g/mol. The maximum atomic E-state index is 3.96. The molecule has 0 nitrogen and oxygen atoms in total. The van der Waals surface area contributed by atoms with Crippen LogP contribution in [-0.2, 0) is 0 Å². The molecule has 0 aliphatic heterocycles. The number of hydrogen-bond acceptors (Lipinski definition) is 4. The average Bonchev–Trinajstić information content (AvgIpc) is 1.39. The highest BCUT2D eigenvalue weighted by atomic mass is 32.1. The second kappa shape index (κ2) is 18.0. The molecule has 0 unspecified atom stereocenters. The smallest absolute Gasteiger partial charge is 0.0148 e. The third-order valence-electron chi connectivity index (χ3n) is 0. The van der Waals surface area contributed by atoms with Gasteiger partial charge in [0.15, 0.2) is 0 Å². The quantitative estimate of drug-likeness (QED) is 0.487. The molecule has 0 saturated carbocycles. The van der Waals surface area contributed by atoms with Crippen molar-refractivity contribution in [1.82, 2.24) is 0 Å². The maximum absolute atomic E-state index is 3.96. The molecule has 0 spiro atoms. The molecule has 0 N–H and O–H groups in total. The van der Waals surface area contributed by atoms with E-state index in [1.807, 2.05) is 8.63 Å². The van der Waals surface area contributed by atoms with Crippen LogP contribution in [0, 0.1) is 0 Å². The van der Waals surface area contributed by atoms with Gasteiger partial charge in [-0.05, 0) is 48.9 Å². The Bertz CT molecular complexity index is 59.5. The van der Waals surface area contributed by atoms with Crippen LogP contribution in [0.1, 0.15) is 0 Å². The Labute approximate surface area is 57.5 Å². The molecule has 4 heteroatoms. The molecule has 0 aromatic rings. The fourth-order valence-electron chi connectivity index (χ4n) is 0. The van der Waals surface area contributed by atoms with E-state index in [4.69, 9.17) is 0 Å². The molecule has 0 radical (unpaired) electrons. The van der Waals surface area contributed by atoms with E-state index in [0.717, 1.165) is 0 Å². The van der Waals surface area contributed by atoms with Crippen molar-refractivity contribution >= 4 is 57.5 Å². The van der Waals surface area contributed by atoms with Gasteiger partial charge in [0.2, 0.25) is 0 Å². The van der Waals surface area contributed by atoms with Gasteiger partial charge in [-0.3, -0.25) is 0 Å². The standard InChI is InChI=1S/2CS2/c2*2-1-3. The molecule has 0 amide bonds. The van der Waals surface area contributed by atoms with E-state index in [1.54, 1.807) is 0 Å². The lowest BCUT2D eigenvalue weighted by Crippen LogP contribution is -0.917. The molecular formula is C2S4. The van der Waals surface area contributed by atoms with Crippen LogP contribution in [0.5, 0.6) is 0 Å². The Morgan fingerprint density at radius 1 is 0.667 bits per heavy atom. The fourth-order valence-corrected chi connectivity index (χ4v) is 0. The summed E-state index contributed by atoms with van der Waals surface area (Å²) in [5, 5.41) is 0. The van der Waals surface area contributed by atoms with Crippen molar-refractivity contribution in [3.63, 3.8) is 0 Å². The number of thiocarbonyl (C=S) groups is 4. The lowest BCUT2D eigenvalue weighted by molar-refractivity contribution is 4.67. The maximum Gasteiger partial charge on any atom is 0.0297 e. The van der Waals surface area contributed by atoms with Gasteiger partial charge in [-0.15, -0.1) is 0 Å². The van der Waals surface area contributed by atoms with Crippen molar-refractivity contribution in [1.29, 1.82) is 0 Å². The summed E-state index contributed by atoms with van der Waals surface area (Å²) in [7, 11) is 0. The summed E-state index contributed by atoms with van der Waals surface area (Å²) >= 11 is 15.8. The highest BCUT2D eigenvalue weighted by Crippen LogP contribution is 1.29. The minimum Gasteiger partial charge on any atom is -0.0148 e. The van der Waals surface area contributed by atoms with Gasteiger partial charge in [0.25, 0.3) is 0 Å². The Morgan fingerprint density at radius 2 is 0.667 bits per heavy atom. The first-order chi connectivity index (χ1) is 2.83. The summed E-state index contributed by atoms with van der Waals surface area (Å²) in [6, 6.07) is 0. The molecule has 0 heterocycles. The van der Waals surface area contributed by atoms with Crippen molar-refractivity contribution in [2.45, 2.75) is 0 Å². The van der Waals surface area contributed by atoms with Crippen LogP contribution in [0.2, 0.25) is 0 Å². The Balaban J connectivity index is 0. The van der Waals surface area contributed by atoms with Crippen molar-refractivity contribution < 1.29 is 0 Å². The van der Waals surface area contributed by atoms with Crippen LogP contribution >= 0.6 is 48.9 Å². The summed E-state index contributed by atoms with van der Waals surface area (Å²) in [6.07, 6.45) is 0. The molecule has 32 valence electrons. The second-order valence-electron chi connectivity index (χ2n) is 0.167. The molecule has 0 aliphatic carbocycles. The summed E-state index contributed by atoms with van der Waals surface area (Å²) in [5.74, 6) is 0. The predicted molar refractivity (Wildman–Crippen MR) is 40.4 cm³/mol. The van der Waals surface area contributed by atoms with Crippen LogP contribution in [0.25, 0.3) is 0 Å². The largest absolute Gasteiger partial charge is 0.0297 e. The lowest BCUT2D eigenvalue weighted by Gasteiger charge is -0.992. The van der Waals surface area contributed by atoms with Gasteiger partial charge in [0.1, 0.15) is 0 Å². The summed E-state index contributed by atoms with van der Waals surface area (Å²) in [6.45, 7) is 0. The van der Waals surface area contributed by atoms with E-state index < -0.39 is 0 Å². The molecule has 0 fully saturated rings. The molecule has 0 aliphatic rings. The first-order valence-electron chi connectivity index (χ1n) is 0.816. The van der Waals surface area contributed by atoms with Crippen LogP contribution in [0.4, 0.5) is 0 Å². The van der Waals surface area contributed by atoms with E-state index >= 15 is 0 Å². The third-order valence-corrected chi connectivity index (χ3v) is 0. The Morgan fingerprint density at radius 3 is 0.667 bits per heavy atom. The molecule has 6 heavy (non-hydrogen) atoms. The van der Waals surface area contributed by atoms with Crippen molar-refractivity contribution in [2.75, 3.05) is 0 Å². The Hall–Kier alpha value is 0.440. The highest BCUT2D eigenvalue weighted by molar-refractivity contribution is 7.94. The van der Waals surface area contributed by atoms with Crippen LogP contribution in [0.15, 0.2) is 0 Å². The summed E-state index contributed by atoms with van der Waals surface area (Å²) in [4.78, 5) is 0. The first-order valence-corrected chi connectivity index (χ1v) is 2.45. The van der Waals surface area contributed by atoms with E-state index in [-0.39, 0.29) is 0 Å². The van der Waals surface area contributed by atoms with Crippen LogP contribution < -0.4 is 0 Å². The van der Waals surface area contributed by atoms with E-state index in [1.165, 1.54) is 0 Å². The van der Waals surface area contributed by atoms with Gasteiger partial charge in [-0.1, -0.05) is 0 Å². The zero-order valence-corrected chi connectivity index (χ0v) is 5.90. The van der Waals surface area contributed by atoms with Gasteiger partial charge in [-0.25, -0.2) is 0 Å². The van der Waals surface area contributed by atoms with Gasteiger partial charge in [0, 0.05) is 8.63 Å². The van der Waals surface area contributed by atoms with Gasteiger partial charge in [-0.2, -0.15) is 0 Å². The topological polar surface area (TPSA) is 0 Å². The van der Waals surface area contributed by atoms with Crippen LogP contribution in [-0.4, -0.2) is 8.63 Å². The molecule has 0 rings (SSSR count). The normalized spacial score (nSPS) is 2.67. The van der Waals surface area contributed by atoms with Crippen molar-refractivity contribution in [3.05, 3.63) is 0 Å². The van der Waals surface area contributed by atoms with E-state index in [2.05, 4.69) is 48.9 Å². The molecule has 0 atom stereocenters. The number of hydrogen-bond donors (Lipinski definition) is 0. The molecule has 0 saturated heterocycles. The zero-order chi connectivity index (χ0) is 5.41. The van der Waals surface area contributed by atoms with Crippen molar-refractivity contribution in [3.8, 4) is 0 Å². The average molecular weight is 152 g/mol. The van der Waals surface area contributed by atoms with Crippen LogP contribution in [0.3, 0.4) is 0 Å². The highest BCUT2D eigenvalue weighted by Gasteiger charge is 1.01. The number of rotatable bonds is 0. The van der Waals surface area contributed by atoms with E-state index in [0.29, 0.717) is 0 Å². The van der Waals surface area contributed by atoms with Crippen molar-refractivity contribution in [2.24, 2.45) is 0 Å².